The largest absolute Gasteiger partial charge is 0.461 e. The Labute approximate surface area is 120 Å². The molecule has 0 fully saturated rings. The molecule has 0 bridgehead atoms. The third kappa shape index (κ3) is 3.83. The van der Waals surface area contributed by atoms with Gasteiger partial charge in [0.05, 0.1) is 6.42 Å². The van der Waals surface area contributed by atoms with Crippen LogP contribution in [0.1, 0.15) is 11.1 Å². The molecule has 0 radical (unpaired) electrons. The van der Waals surface area contributed by atoms with Crippen molar-refractivity contribution >= 4 is 27.6 Å². The standard InChI is InChI=1S/C15H14BrNO2/c16-13-7-3-1-6-12(13)10-19-15(18)9-11-5-2-4-8-14(11)17/h1-8H,9-10,17H2. The highest BCUT2D eigenvalue weighted by atomic mass is 79.9. The molecule has 0 spiro atoms. The van der Waals surface area contributed by atoms with E-state index in [1.807, 2.05) is 42.5 Å². The molecule has 3 nitrogen and oxygen atoms in total. The second kappa shape index (κ2) is 6.38. The van der Waals surface area contributed by atoms with Crippen LogP contribution in [0.15, 0.2) is 53.0 Å². The van der Waals surface area contributed by atoms with Crippen molar-refractivity contribution < 1.29 is 9.53 Å². The predicted molar refractivity (Wildman–Crippen MR) is 78.5 cm³/mol. The van der Waals surface area contributed by atoms with Gasteiger partial charge in [0.1, 0.15) is 6.61 Å². The Morgan fingerprint density at radius 2 is 1.68 bits per heavy atom. The van der Waals surface area contributed by atoms with Gasteiger partial charge in [0.15, 0.2) is 0 Å². The lowest BCUT2D eigenvalue weighted by atomic mass is 10.1. The maximum absolute atomic E-state index is 11.8. The molecule has 2 aromatic rings. The number of rotatable bonds is 4. The molecule has 19 heavy (non-hydrogen) atoms. The highest BCUT2D eigenvalue weighted by Gasteiger charge is 2.08. The van der Waals surface area contributed by atoms with E-state index in [0.29, 0.717) is 5.69 Å². The lowest BCUT2D eigenvalue weighted by Crippen LogP contribution is -2.09. The monoisotopic (exact) mass is 319 g/mol. The molecular formula is C15H14BrNO2. The van der Waals surface area contributed by atoms with Crippen molar-refractivity contribution in [1.82, 2.24) is 0 Å². The Kier molecular flexibility index (Phi) is 4.58. The van der Waals surface area contributed by atoms with Crippen molar-refractivity contribution in [2.45, 2.75) is 13.0 Å². The molecule has 2 N–H and O–H groups in total. The minimum atomic E-state index is -0.284. The van der Waals surface area contributed by atoms with Gasteiger partial charge in [-0.3, -0.25) is 4.79 Å². The summed E-state index contributed by atoms with van der Waals surface area (Å²) in [6, 6.07) is 14.9. The summed E-state index contributed by atoms with van der Waals surface area (Å²) in [5.74, 6) is -0.284. The summed E-state index contributed by atoms with van der Waals surface area (Å²) >= 11 is 3.41. The third-order valence-electron chi connectivity index (χ3n) is 2.74. The molecular weight excluding hydrogens is 306 g/mol. The van der Waals surface area contributed by atoms with E-state index in [-0.39, 0.29) is 19.0 Å². The molecule has 4 heteroatoms. The number of hydrogen-bond donors (Lipinski definition) is 1. The van der Waals surface area contributed by atoms with Gasteiger partial charge in [-0.15, -0.1) is 0 Å². The number of nitrogens with two attached hydrogens (primary N) is 1. The molecule has 0 amide bonds. The fraction of sp³-hybridized carbons (Fsp3) is 0.133. The molecule has 0 unspecified atom stereocenters. The number of nitrogen functional groups attached to an aromatic ring is 1. The smallest absolute Gasteiger partial charge is 0.310 e. The fourth-order valence-corrected chi connectivity index (χ4v) is 2.07. The maximum atomic E-state index is 11.8. The Morgan fingerprint density at radius 1 is 1.05 bits per heavy atom. The summed E-state index contributed by atoms with van der Waals surface area (Å²) in [6.07, 6.45) is 0.192. The summed E-state index contributed by atoms with van der Waals surface area (Å²) < 4.78 is 6.18. The van der Waals surface area contributed by atoms with Crippen molar-refractivity contribution in [3.8, 4) is 0 Å². The molecule has 0 aliphatic heterocycles. The number of esters is 1. The average molecular weight is 320 g/mol. The third-order valence-corrected chi connectivity index (χ3v) is 3.51. The van der Waals surface area contributed by atoms with Gasteiger partial charge >= 0.3 is 5.97 Å². The zero-order valence-corrected chi connectivity index (χ0v) is 11.9. The van der Waals surface area contributed by atoms with E-state index in [1.165, 1.54) is 0 Å². The predicted octanol–water partition coefficient (Wildman–Crippen LogP) is 3.32. The van der Waals surface area contributed by atoms with Crippen molar-refractivity contribution in [2.24, 2.45) is 0 Å². The normalized spacial score (nSPS) is 10.2. The first-order chi connectivity index (χ1) is 9.16. The number of carbonyl (C=O) groups is 1. The van der Waals surface area contributed by atoms with Crippen LogP contribution in [0.5, 0.6) is 0 Å². The summed E-state index contributed by atoms with van der Waals surface area (Å²) in [6.45, 7) is 0.257. The second-order valence-electron chi connectivity index (χ2n) is 4.13. The number of ether oxygens (including phenoxy) is 1. The van der Waals surface area contributed by atoms with Gasteiger partial charge < -0.3 is 10.5 Å². The van der Waals surface area contributed by atoms with Crippen LogP contribution in [0, 0.1) is 0 Å². The number of anilines is 1. The lowest BCUT2D eigenvalue weighted by Gasteiger charge is -2.08. The average Bonchev–Trinajstić information content (AvgIpc) is 2.40. The quantitative estimate of drug-likeness (QED) is 0.694. The second-order valence-corrected chi connectivity index (χ2v) is 4.98. The van der Waals surface area contributed by atoms with Crippen LogP contribution in [-0.4, -0.2) is 5.97 Å². The van der Waals surface area contributed by atoms with E-state index in [9.17, 15) is 4.79 Å². The summed E-state index contributed by atoms with van der Waals surface area (Å²) in [4.78, 5) is 11.8. The van der Waals surface area contributed by atoms with Crippen LogP contribution in [0.3, 0.4) is 0 Å². The Balaban J connectivity index is 1.92. The van der Waals surface area contributed by atoms with Crippen LogP contribution in [0.2, 0.25) is 0 Å². The molecule has 0 heterocycles. The van der Waals surface area contributed by atoms with E-state index < -0.39 is 0 Å². The zero-order chi connectivity index (χ0) is 13.7. The molecule has 2 aromatic carbocycles. The van der Waals surface area contributed by atoms with E-state index >= 15 is 0 Å². The SMILES string of the molecule is Nc1ccccc1CC(=O)OCc1ccccc1Br. The van der Waals surface area contributed by atoms with Gasteiger partial charge in [-0.25, -0.2) is 0 Å². The van der Waals surface area contributed by atoms with Gasteiger partial charge in [0.2, 0.25) is 0 Å². The van der Waals surface area contributed by atoms with Gasteiger partial charge in [-0.1, -0.05) is 52.3 Å². The number of para-hydroxylation sites is 1. The van der Waals surface area contributed by atoms with Crippen LogP contribution < -0.4 is 5.73 Å². The Bertz CT molecular complexity index is 584. The van der Waals surface area contributed by atoms with Crippen LogP contribution in [-0.2, 0) is 22.6 Å². The molecule has 0 saturated carbocycles. The first-order valence-corrected chi connectivity index (χ1v) is 6.68. The molecule has 0 aromatic heterocycles. The van der Waals surface area contributed by atoms with E-state index in [2.05, 4.69) is 15.9 Å². The zero-order valence-electron chi connectivity index (χ0n) is 10.3. The number of carbonyl (C=O) groups excluding carboxylic acids is 1. The molecule has 0 aliphatic rings. The first kappa shape index (κ1) is 13.6. The van der Waals surface area contributed by atoms with Crippen molar-refractivity contribution in [3.05, 3.63) is 64.1 Å². The van der Waals surface area contributed by atoms with Gasteiger partial charge in [-0.2, -0.15) is 0 Å². The first-order valence-electron chi connectivity index (χ1n) is 5.89. The van der Waals surface area contributed by atoms with Crippen molar-refractivity contribution in [3.63, 3.8) is 0 Å². The minimum absolute atomic E-state index is 0.192. The molecule has 98 valence electrons. The number of halogens is 1. The number of hydrogen-bond acceptors (Lipinski definition) is 3. The highest BCUT2D eigenvalue weighted by Crippen LogP contribution is 2.17. The fourth-order valence-electron chi connectivity index (χ4n) is 1.68. The van der Waals surface area contributed by atoms with Crippen LogP contribution >= 0.6 is 15.9 Å². The van der Waals surface area contributed by atoms with Gasteiger partial charge in [0, 0.05) is 15.7 Å². The van der Waals surface area contributed by atoms with E-state index in [0.717, 1.165) is 15.6 Å². The summed E-state index contributed by atoms with van der Waals surface area (Å²) in [5.41, 5.74) is 8.13. The van der Waals surface area contributed by atoms with Crippen LogP contribution in [0.4, 0.5) is 5.69 Å². The lowest BCUT2D eigenvalue weighted by molar-refractivity contribution is -0.144. The summed E-state index contributed by atoms with van der Waals surface area (Å²) in [7, 11) is 0. The Hall–Kier alpha value is -1.81. The maximum Gasteiger partial charge on any atom is 0.310 e. The Morgan fingerprint density at radius 3 is 2.37 bits per heavy atom. The highest BCUT2D eigenvalue weighted by molar-refractivity contribution is 9.10. The molecule has 0 aliphatic carbocycles. The topological polar surface area (TPSA) is 52.3 Å². The van der Waals surface area contributed by atoms with E-state index in [1.54, 1.807) is 6.07 Å². The van der Waals surface area contributed by atoms with Crippen molar-refractivity contribution in [2.75, 3.05) is 5.73 Å². The van der Waals surface area contributed by atoms with Crippen LogP contribution in [0.25, 0.3) is 0 Å². The van der Waals surface area contributed by atoms with Gasteiger partial charge in [0.25, 0.3) is 0 Å². The minimum Gasteiger partial charge on any atom is -0.461 e. The molecule has 0 saturated heterocycles. The van der Waals surface area contributed by atoms with E-state index in [4.69, 9.17) is 10.5 Å². The summed E-state index contributed by atoms with van der Waals surface area (Å²) in [5, 5.41) is 0. The molecule has 2 rings (SSSR count). The number of benzene rings is 2. The van der Waals surface area contributed by atoms with Crippen molar-refractivity contribution in [1.29, 1.82) is 0 Å². The van der Waals surface area contributed by atoms with Gasteiger partial charge in [-0.05, 0) is 17.7 Å². The molecule has 0 atom stereocenters.